The van der Waals surface area contributed by atoms with Crippen molar-refractivity contribution >= 4 is 22.8 Å². The predicted molar refractivity (Wildman–Crippen MR) is 85.1 cm³/mol. The lowest BCUT2D eigenvalue weighted by molar-refractivity contribution is -0.139. The van der Waals surface area contributed by atoms with Gasteiger partial charge in [0, 0.05) is 6.61 Å². The van der Waals surface area contributed by atoms with Crippen LogP contribution in [-0.2, 0) is 14.3 Å². The molecule has 2 aromatic carbocycles. The van der Waals surface area contributed by atoms with Crippen molar-refractivity contribution in [3.05, 3.63) is 53.6 Å². The summed E-state index contributed by atoms with van der Waals surface area (Å²) in [7, 11) is 0. The van der Waals surface area contributed by atoms with E-state index in [0.29, 0.717) is 18.8 Å². The molecule has 3 nitrogen and oxygen atoms in total. The van der Waals surface area contributed by atoms with E-state index in [0.717, 1.165) is 16.3 Å². The van der Waals surface area contributed by atoms with E-state index in [1.807, 2.05) is 43.3 Å². The Labute approximate surface area is 125 Å². The highest BCUT2D eigenvalue weighted by atomic mass is 16.5. The van der Waals surface area contributed by atoms with Crippen LogP contribution in [0.1, 0.15) is 19.4 Å². The zero-order chi connectivity index (χ0) is 15.1. The van der Waals surface area contributed by atoms with Crippen LogP contribution in [-0.4, -0.2) is 25.8 Å². The maximum Gasteiger partial charge on any atom is 0.336 e. The summed E-state index contributed by atoms with van der Waals surface area (Å²) in [6, 6.07) is 14.1. The van der Waals surface area contributed by atoms with Crippen LogP contribution in [0.3, 0.4) is 0 Å². The van der Waals surface area contributed by atoms with Gasteiger partial charge in [-0.3, -0.25) is 0 Å². The van der Waals surface area contributed by atoms with Crippen LogP contribution in [0, 0.1) is 0 Å². The number of benzene rings is 2. The average molecular weight is 284 g/mol. The molecule has 0 saturated carbocycles. The van der Waals surface area contributed by atoms with Crippen molar-refractivity contribution in [3.63, 3.8) is 0 Å². The summed E-state index contributed by atoms with van der Waals surface area (Å²) in [5.74, 6) is -0.320. The Morgan fingerprint density at radius 2 is 1.81 bits per heavy atom. The summed E-state index contributed by atoms with van der Waals surface area (Å²) in [6.45, 7) is 4.89. The smallest absolute Gasteiger partial charge is 0.336 e. The van der Waals surface area contributed by atoms with E-state index >= 15 is 0 Å². The Morgan fingerprint density at radius 3 is 2.57 bits per heavy atom. The van der Waals surface area contributed by atoms with Crippen LogP contribution >= 0.6 is 0 Å². The molecule has 2 rings (SSSR count). The number of fused-ring (bicyclic) bond motifs is 1. The molecule has 0 aliphatic rings. The summed E-state index contributed by atoms with van der Waals surface area (Å²) in [6.07, 6.45) is 1.86. The molecule has 3 heteroatoms. The Hall–Kier alpha value is -2.13. The van der Waals surface area contributed by atoms with E-state index in [1.54, 1.807) is 6.92 Å². The predicted octanol–water partition coefficient (Wildman–Crippen LogP) is 3.82. The number of hydrogen-bond donors (Lipinski definition) is 0. The Bertz CT molecular complexity index is 638. The summed E-state index contributed by atoms with van der Waals surface area (Å²) in [5, 5.41) is 2.25. The Balaban J connectivity index is 2.41. The standard InChI is InChI=1S/C18H20O3/c1-3-20-13-16(18(19)21-4-2)12-15-10-7-9-14-8-5-6-11-17(14)15/h5-12H,3-4,13H2,1-2H3/b16-12-. The second-order valence-electron chi connectivity index (χ2n) is 4.60. The van der Waals surface area contributed by atoms with Gasteiger partial charge in [-0.15, -0.1) is 0 Å². The van der Waals surface area contributed by atoms with E-state index < -0.39 is 0 Å². The van der Waals surface area contributed by atoms with Crippen LogP contribution < -0.4 is 0 Å². The van der Waals surface area contributed by atoms with Crippen LogP contribution in [0.5, 0.6) is 0 Å². The SMILES string of the molecule is CCOC/C(=C/c1cccc2ccccc12)C(=O)OCC. The lowest BCUT2D eigenvalue weighted by Gasteiger charge is -2.08. The molecule has 0 spiro atoms. The van der Waals surface area contributed by atoms with Crippen molar-refractivity contribution in [1.29, 1.82) is 0 Å². The third kappa shape index (κ3) is 3.92. The third-order valence-corrected chi connectivity index (χ3v) is 3.15. The van der Waals surface area contributed by atoms with Crippen LogP contribution in [0.4, 0.5) is 0 Å². The number of carbonyl (C=O) groups excluding carboxylic acids is 1. The fourth-order valence-electron chi connectivity index (χ4n) is 2.16. The maximum atomic E-state index is 12.0. The first kappa shape index (κ1) is 15.3. The van der Waals surface area contributed by atoms with Gasteiger partial charge in [-0.25, -0.2) is 4.79 Å². The van der Waals surface area contributed by atoms with Crippen LogP contribution in [0.25, 0.3) is 16.8 Å². The first-order valence-corrected chi connectivity index (χ1v) is 7.19. The summed E-state index contributed by atoms with van der Waals surface area (Å²) in [4.78, 5) is 12.0. The number of esters is 1. The van der Waals surface area contributed by atoms with Gasteiger partial charge in [-0.2, -0.15) is 0 Å². The molecule has 0 aliphatic heterocycles. The topological polar surface area (TPSA) is 35.5 Å². The molecule has 0 saturated heterocycles. The van der Waals surface area contributed by atoms with E-state index in [2.05, 4.69) is 12.1 Å². The third-order valence-electron chi connectivity index (χ3n) is 3.15. The summed E-state index contributed by atoms with van der Waals surface area (Å²) in [5.41, 5.74) is 1.53. The fourth-order valence-corrected chi connectivity index (χ4v) is 2.16. The fraction of sp³-hybridized carbons (Fsp3) is 0.278. The van der Waals surface area contributed by atoms with E-state index in [4.69, 9.17) is 9.47 Å². The first-order valence-electron chi connectivity index (χ1n) is 7.19. The Kier molecular flexibility index (Phi) is 5.52. The zero-order valence-electron chi connectivity index (χ0n) is 12.5. The highest BCUT2D eigenvalue weighted by Crippen LogP contribution is 2.21. The Morgan fingerprint density at radius 1 is 1.05 bits per heavy atom. The highest BCUT2D eigenvalue weighted by molar-refractivity contribution is 5.98. The van der Waals surface area contributed by atoms with Gasteiger partial charge in [-0.05, 0) is 36.3 Å². The molecule has 2 aromatic rings. The van der Waals surface area contributed by atoms with Gasteiger partial charge in [0.25, 0.3) is 0 Å². The summed E-state index contributed by atoms with van der Waals surface area (Å²) >= 11 is 0. The van der Waals surface area contributed by atoms with Gasteiger partial charge in [-0.1, -0.05) is 42.5 Å². The molecular weight excluding hydrogens is 264 g/mol. The number of ether oxygens (including phenoxy) is 2. The van der Waals surface area contributed by atoms with E-state index in [-0.39, 0.29) is 12.6 Å². The van der Waals surface area contributed by atoms with Gasteiger partial charge in [0.1, 0.15) is 0 Å². The van der Waals surface area contributed by atoms with Crippen molar-refractivity contribution in [2.75, 3.05) is 19.8 Å². The van der Waals surface area contributed by atoms with Crippen molar-refractivity contribution in [1.82, 2.24) is 0 Å². The van der Waals surface area contributed by atoms with E-state index in [1.165, 1.54) is 0 Å². The van der Waals surface area contributed by atoms with Crippen molar-refractivity contribution < 1.29 is 14.3 Å². The molecule has 0 aromatic heterocycles. The number of rotatable bonds is 6. The molecule has 0 fully saturated rings. The van der Waals surface area contributed by atoms with Gasteiger partial charge in [0.05, 0.1) is 18.8 Å². The largest absolute Gasteiger partial charge is 0.463 e. The monoisotopic (exact) mass is 284 g/mol. The molecule has 0 unspecified atom stereocenters. The lowest BCUT2D eigenvalue weighted by Crippen LogP contribution is -2.12. The van der Waals surface area contributed by atoms with Gasteiger partial charge in [0.15, 0.2) is 0 Å². The lowest BCUT2D eigenvalue weighted by atomic mass is 10.0. The van der Waals surface area contributed by atoms with E-state index in [9.17, 15) is 4.79 Å². The molecule has 0 N–H and O–H groups in total. The average Bonchev–Trinajstić information content (AvgIpc) is 2.51. The van der Waals surface area contributed by atoms with Crippen molar-refractivity contribution in [2.45, 2.75) is 13.8 Å². The molecule has 110 valence electrons. The minimum atomic E-state index is -0.320. The molecule has 0 atom stereocenters. The quantitative estimate of drug-likeness (QED) is 0.597. The molecular formula is C18H20O3. The molecule has 0 heterocycles. The molecule has 0 amide bonds. The van der Waals surface area contributed by atoms with Crippen molar-refractivity contribution in [2.24, 2.45) is 0 Å². The second kappa shape index (κ2) is 7.60. The van der Waals surface area contributed by atoms with Crippen molar-refractivity contribution in [3.8, 4) is 0 Å². The molecule has 0 aliphatic carbocycles. The summed E-state index contributed by atoms with van der Waals surface area (Å²) < 4.78 is 10.5. The minimum Gasteiger partial charge on any atom is -0.463 e. The molecule has 0 radical (unpaired) electrons. The maximum absolute atomic E-state index is 12.0. The molecule has 21 heavy (non-hydrogen) atoms. The van der Waals surface area contributed by atoms with Gasteiger partial charge < -0.3 is 9.47 Å². The number of carbonyl (C=O) groups is 1. The minimum absolute atomic E-state index is 0.262. The molecule has 0 bridgehead atoms. The normalized spacial score (nSPS) is 11.6. The highest BCUT2D eigenvalue weighted by Gasteiger charge is 2.11. The zero-order valence-corrected chi connectivity index (χ0v) is 12.5. The first-order chi connectivity index (χ1) is 10.3. The van der Waals surface area contributed by atoms with Crippen LogP contribution in [0.2, 0.25) is 0 Å². The second-order valence-corrected chi connectivity index (χ2v) is 4.60. The van der Waals surface area contributed by atoms with Gasteiger partial charge in [0.2, 0.25) is 0 Å². The van der Waals surface area contributed by atoms with Gasteiger partial charge >= 0.3 is 5.97 Å². The van der Waals surface area contributed by atoms with Crippen LogP contribution in [0.15, 0.2) is 48.0 Å². The number of hydrogen-bond acceptors (Lipinski definition) is 3.